The normalized spacial score (nSPS) is 19.8. The summed E-state index contributed by atoms with van der Waals surface area (Å²) in [6.07, 6.45) is 1.17. The van der Waals surface area contributed by atoms with Crippen LogP contribution in [0.15, 0.2) is 48.5 Å². The van der Waals surface area contributed by atoms with Crippen LogP contribution in [-0.4, -0.2) is 54.0 Å². The molecule has 0 bridgehead atoms. The van der Waals surface area contributed by atoms with Gasteiger partial charge >= 0.3 is 12.1 Å². The summed E-state index contributed by atoms with van der Waals surface area (Å²) in [4.78, 5) is 35.5. The molecule has 35 heavy (non-hydrogen) atoms. The third-order valence-corrected chi connectivity index (χ3v) is 6.95. The fraction of sp³-hybridized carbons (Fsp3) is 0.444. The number of benzene rings is 2. The van der Waals surface area contributed by atoms with Crippen molar-refractivity contribution in [1.82, 2.24) is 10.6 Å². The fourth-order valence-electron chi connectivity index (χ4n) is 5.23. The summed E-state index contributed by atoms with van der Waals surface area (Å²) >= 11 is 0. The van der Waals surface area contributed by atoms with Gasteiger partial charge in [-0.2, -0.15) is 0 Å². The van der Waals surface area contributed by atoms with Gasteiger partial charge in [-0.25, -0.2) is 4.79 Å². The van der Waals surface area contributed by atoms with Gasteiger partial charge in [-0.3, -0.25) is 9.59 Å². The van der Waals surface area contributed by atoms with Gasteiger partial charge in [0.25, 0.3) is 0 Å². The lowest BCUT2D eigenvalue weighted by atomic mass is 9.81. The number of carboxylic acid groups (broad SMARTS) is 1. The SMILES string of the molecule is O=C(O)CC(O)CNC(=O)C1CCCC(CNC(=O)OCC2c3ccccc3-c3ccccc32)C1. The molecule has 4 rings (SSSR count). The molecule has 8 heteroatoms. The lowest BCUT2D eigenvalue weighted by Gasteiger charge is -2.28. The average molecular weight is 481 g/mol. The molecule has 4 N–H and O–H groups in total. The molecule has 0 spiro atoms. The van der Waals surface area contributed by atoms with Crippen molar-refractivity contribution >= 4 is 18.0 Å². The molecule has 2 aliphatic rings. The number of aliphatic hydroxyl groups excluding tert-OH is 1. The van der Waals surface area contributed by atoms with Crippen LogP contribution in [0, 0.1) is 11.8 Å². The van der Waals surface area contributed by atoms with Gasteiger partial charge in [0, 0.05) is 24.9 Å². The third-order valence-electron chi connectivity index (χ3n) is 6.95. The first-order valence-corrected chi connectivity index (χ1v) is 12.2. The number of amides is 2. The van der Waals surface area contributed by atoms with Crippen LogP contribution in [0.2, 0.25) is 0 Å². The smallest absolute Gasteiger partial charge is 0.407 e. The summed E-state index contributed by atoms with van der Waals surface area (Å²) in [6, 6.07) is 16.4. The van der Waals surface area contributed by atoms with E-state index in [-0.39, 0.29) is 36.8 Å². The number of hydrogen-bond acceptors (Lipinski definition) is 5. The van der Waals surface area contributed by atoms with Crippen LogP contribution in [0.4, 0.5) is 4.79 Å². The van der Waals surface area contributed by atoms with E-state index in [1.165, 1.54) is 11.1 Å². The molecule has 0 heterocycles. The zero-order valence-corrected chi connectivity index (χ0v) is 19.6. The topological polar surface area (TPSA) is 125 Å². The van der Waals surface area contributed by atoms with Crippen molar-refractivity contribution in [2.45, 2.75) is 44.1 Å². The second-order valence-electron chi connectivity index (χ2n) is 9.43. The molecule has 3 atom stereocenters. The van der Waals surface area contributed by atoms with E-state index in [9.17, 15) is 19.5 Å². The van der Waals surface area contributed by atoms with Crippen LogP contribution in [0.25, 0.3) is 11.1 Å². The maximum absolute atomic E-state index is 12.5. The van der Waals surface area contributed by atoms with E-state index in [0.717, 1.165) is 30.4 Å². The molecular formula is C27H32N2O6. The molecule has 0 saturated heterocycles. The average Bonchev–Trinajstić information content (AvgIpc) is 3.18. The fourth-order valence-corrected chi connectivity index (χ4v) is 5.23. The van der Waals surface area contributed by atoms with E-state index >= 15 is 0 Å². The number of fused-ring (bicyclic) bond motifs is 3. The summed E-state index contributed by atoms with van der Waals surface area (Å²) in [7, 11) is 0. The van der Waals surface area contributed by atoms with Crippen molar-refractivity contribution in [2.24, 2.45) is 11.8 Å². The van der Waals surface area contributed by atoms with Crippen LogP contribution in [0.1, 0.15) is 49.1 Å². The van der Waals surface area contributed by atoms with Crippen molar-refractivity contribution < 1.29 is 29.3 Å². The molecule has 0 aromatic heterocycles. The number of carbonyl (C=O) groups is 3. The van der Waals surface area contributed by atoms with Crippen LogP contribution in [0.3, 0.4) is 0 Å². The highest BCUT2D eigenvalue weighted by molar-refractivity contribution is 5.79. The quantitative estimate of drug-likeness (QED) is 0.437. The predicted molar refractivity (Wildman–Crippen MR) is 130 cm³/mol. The Morgan fingerprint density at radius 2 is 1.63 bits per heavy atom. The number of aliphatic carboxylic acids is 1. The third kappa shape index (κ3) is 6.19. The molecule has 8 nitrogen and oxygen atoms in total. The maximum atomic E-state index is 12.5. The largest absolute Gasteiger partial charge is 0.481 e. The van der Waals surface area contributed by atoms with E-state index in [0.29, 0.717) is 13.0 Å². The van der Waals surface area contributed by atoms with Crippen molar-refractivity contribution in [3.63, 3.8) is 0 Å². The van der Waals surface area contributed by atoms with E-state index in [1.54, 1.807) is 0 Å². The summed E-state index contributed by atoms with van der Waals surface area (Å²) < 4.78 is 5.60. The second-order valence-corrected chi connectivity index (χ2v) is 9.43. The minimum atomic E-state index is -1.11. The molecule has 2 aromatic rings. The Kier molecular flexibility index (Phi) is 8.02. The first-order valence-electron chi connectivity index (χ1n) is 12.2. The molecule has 3 unspecified atom stereocenters. The van der Waals surface area contributed by atoms with Crippen molar-refractivity contribution in [3.8, 4) is 11.1 Å². The van der Waals surface area contributed by atoms with Gasteiger partial charge in [-0.1, -0.05) is 55.0 Å². The first kappa shape index (κ1) is 24.7. The van der Waals surface area contributed by atoms with Crippen LogP contribution in [-0.2, 0) is 14.3 Å². The number of carbonyl (C=O) groups excluding carboxylic acids is 2. The van der Waals surface area contributed by atoms with Crippen LogP contribution in [0.5, 0.6) is 0 Å². The number of alkyl carbamates (subject to hydrolysis) is 1. The Labute approximate surface area is 204 Å². The zero-order chi connectivity index (χ0) is 24.8. The van der Waals surface area contributed by atoms with E-state index in [2.05, 4.69) is 34.9 Å². The van der Waals surface area contributed by atoms with Crippen LogP contribution >= 0.6 is 0 Å². The summed E-state index contributed by atoms with van der Waals surface area (Å²) in [6.45, 7) is 0.612. The van der Waals surface area contributed by atoms with Gasteiger partial charge in [0.05, 0.1) is 12.5 Å². The van der Waals surface area contributed by atoms with Gasteiger partial charge < -0.3 is 25.6 Å². The van der Waals surface area contributed by atoms with Gasteiger partial charge in [0.2, 0.25) is 5.91 Å². The highest BCUT2D eigenvalue weighted by Crippen LogP contribution is 2.44. The van der Waals surface area contributed by atoms with Crippen molar-refractivity contribution in [2.75, 3.05) is 19.7 Å². The number of nitrogens with one attached hydrogen (secondary N) is 2. The molecule has 2 aliphatic carbocycles. The Bertz CT molecular complexity index is 1030. The predicted octanol–water partition coefficient (Wildman–Crippen LogP) is 3.28. The lowest BCUT2D eigenvalue weighted by Crippen LogP contribution is -2.40. The molecule has 0 aliphatic heterocycles. The highest BCUT2D eigenvalue weighted by Gasteiger charge is 2.30. The molecular weight excluding hydrogens is 448 g/mol. The highest BCUT2D eigenvalue weighted by atomic mass is 16.5. The standard InChI is InChI=1S/C27H32N2O6/c30-19(13-25(31)32)15-28-26(33)18-7-5-6-17(12-18)14-29-27(34)35-16-24-22-10-3-1-8-20(22)21-9-2-4-11-23(21)24/h1-4,8-11,17-19,24,30H,5-7,12-16H2,(H,28,33)(H,29,34)(H,31,32). The monoisotopic (exact) mass is 480 g/mol. The number of carboxylic acids is 1. The Hall–Kier alpha value is -3.39. The molecule has 2 amide bonds. The van der Waals surface area contributed by atoms with Crippen molar-refractivity contribution in [1.29, 1.82) is 0 Å². The minimum absolute atomic E-state index is 0.00684. The number of aliphatic hydroxyl groups is 1. The molecule has 186 valence electrons. The Morgan fingerprint density at radius 1 is 0.971 bits per heavy atom. The molecule has 1 saturated carbocycles. The number of ether oxygens (including phenoxy) is 1. The minimum Gasteiger partial charge on any atom is -0.481 e. The summed E-state index contributed by atoms with van der Waals surface area (Å²) in [5.74, 6) is -1.34. The lowest BCUT2D eigenvalue weighted by molar-refractivity contribution is -0.139. The molecule has 1 fully saturated rings. The zero-order valence-electron chi connectivity index (χ0n) is 19.6. The second kappa shape index (κ2) is 11.4. The van der Waals surface area contributed by atoms with E-state index < -0.39 is 24.6 Å². The van der Waals surface area contributed by atoms with E-state index in [4.69, 9.17) is 9.84 Å². The summed E-state index contributed by atoms with van der Waals surface area (Å²) in [5, 5.41) is 23.9. The van der Waals surface area contributed by atoms with Gasteiger partial charge in [0.15, 0.2) is 0 Å². The molecule has 0 radical (unpaired) electrons. The van der Waals surface area contributed by atoms with Gasteiger partial charge in [0.1, 0.15) is 6.61 Å². The number of hydrogen-bond donors (Lipinski definition) is 4. The number of rotatable bonds is 9. The van der Waals surface area contributed by atoms with Crippen molar-refractivity contribution in [3.05, 3.63) is 59.7 Å². The summed E-state index contributed by atoms with van der Waals surface area (Å²) in [5.41, 5.74) is 4.69. The Morgan fingerprint density at radius 3 is 2.29 bits per heavy atom. The van der Waals surface area contributed by atoms with Crippen LogP contribution < -0.4 is 10.6 Å². The first-order chi connectivity index (χ1) is 16.9. The maximum Gasteiger partial charge on any atom is 0.407 e. The van der Waals surface area contributed by atoms with Gasteiger partial charge in [-0.15, -0.1) is 0 Å². The van der Waals surface area contributed by atoms with E-state index in [1.807, 2.05) is 24.3 Å². The molecule has 2 aromatic carbocycles. The Balaban J connectivity index is 1.23. The van der Waals surface area contributed by atoms with Gasteiger partial charge in [-0.05, 0) is 47.4 Å².